The highest BCUT2D eigenvalue weighted by Gasteiger charge is 2.26. The zero-order chi connectivity index (χ0) is 11.5. The molecular weight excluding hydrogens is 182 g/mol. The van der Waals surface area contributed by atoms with Gasteiger partial charge in [0.05, 0.1) is 0 Å². The van der Waals surface area contributed by atoms with Gasteiger partial charge >= 0.3 is 0 Å². The maximum absolute atomic E-state index is 3.45. The summed E-state index contributed by atoms with van der Waals surface area (Å²) in [6.07, 6.45) is 1.23. The summed E-state index contributed by atoms with van der Waals surface area (Å²) in [5.41, 5.74) is 4.49. The minimum absolute atomic E-state index is 0.340. The third-order valence-corrected chi connectivity index (χ3v) is 2.97. The van der Waals surface area contributed by atoms with Crippen molar-refractivity contribution in [2.24, 2.45) is 0 Å². The lowest BCUT2D eigenvalue weighted by atomic mass is 9.78. The molecule has 1 nitrogen and oxygen atoms in total. The Balaban J connectivity index is 0.000000531. The van der Waals surface area contributed by atoms with Crippen LogP contribution in [0.25, 0.3) is 0 Å². The molecule has 15 heavy (non-hydrogen) atoms. The van der Waals surface area contributed by atoms with Crippen LogP contribution >= 0.6 is 0 Å². The first-order chi connectivity index (χ1) is 7.09. The predicted molar refractivity (Wildman–Crippen MR) is 68.7 cm³/mol. The number of nitrogens with one attached hydrogen (secondary N) is 1. The van der Waals surface area contributed by atoms with E-state index in [9.17, 15) is 0 Å². The quantitative estimate of drug-likeness (QED) is 0.672. The van der Waals surface area contributed by atoms with Gasteiger partial charge in [-0.05, 0) is 30.4 Å². The molecule has 1 heteroatoms. The Labute approximate surface area is 93.9 Å². The molecule has 0 bridgehead atoms. The molecule has 1 aliphatic rings. The largest absolute Gasteiger partial charge is 0.385 e. The van der Waals surface area contributed by atoms with E-state index in [4.69, 9.17) is 0 Å². The molecule has 0 fully saturated rings. The molecule has 0 unspecified atom stereocenters. The lowest BCUT2D eigenvalue weighted by molar-refractivity contribution is 0.481. The number of hydrogen-bond acceptors (Lipinski definition) is 1. The van der Waals surface area contributed by atoms with E-state index >= 15 is 0 Å². The third-order valence-electron chi connectivity index (χ3n) is 2.97. The van der Waals surface area contributed by atoms with Gasteiger partial charge in [-0.1, -0.05) is 45.4 Å². The number of anilines is 1. The van der Waals surface area contributed by atoms with Crippen molar-refractivity contribution in [3.05, 3.63) is 29.3 Å². The first-order valence-corrected chi connectivity index (χ1v) is 5.95. The van der Waals surface area contributed by atoms with Gasteiger partial charge < -0.3 is 5.32 Å². The first kappa shape index (κ1) is 12.1. The van der Waals surface area contributed by atoms with Crippen LogP contribution in [0, 0.1) is 6.92 Å². The zero-order valence-corrected chi connectivity index (χ0v) is 10.6. The van der Waals surface area contributed by atoms with E-state index in [1.54, 1.807) is 0 Å². The summed E-state index contributed by atoms with van der Waals surface area (Å²) in [4.78, 5) is 0. The molecule has 0 radical (unpaired) electrons. The zero-order valence-electron chi connectivity index (χ0n) is 10.6. The van der Waals surface area contributed by atoms with E-state index in [0.29, 0.717) is 5.41 Å². The van der Waals surface area contributed by atoms with Crippen molar-refractivity contribution in [1.82, 2.24) is 0 Å². The molecule has 0 aromatic heterocycles. The van der Waals surface area contributed by atoms with Crippen molar-refractivity contribution in [3.8, 4) is 0 Å². The lowest BCUT2D eigenvalue weighted by Gasteiger charge is -2.33. The highest BCUT2D eigenvalue weighted by Crippen LogP contribution is 2.36. The van der Waals surface area contributed by atoms with Crippen LogP contribution in [0.15, 0.2) is 18.2 Å². The van der Waals surface area contributed by atoms with Crippen molar-refractivity contribution >= 4 is 5.69 Å². The van der Waals surface area contributed by atoms with Gasteiger partial charge in [0.15, 0.2) is 0 Å². The van der Waals surface area contributed by atoms with Gasteiger partial charge in [0, 0.05) is 12.2 Å². The molecular formula is C14H23N. The summed E-state index contributed by atoms with van der Waals surface area (Å²) >= 11 is 0. The van der Waals surface area contributed by atoms with E-state index in [1.165, 1.54) is 23.2 Å². The van der Waals surface area contributed by atoms with Crippen LogP contribution in [0.2, 0.25) is 0 Å². The normalized spacial score (nSPS) is 16.9. The van der Waals surface area contributed by atoms with Gasteiger partial charge in [0.1, 0.15) is 0 Å². The van der Waals surface area contributed by atoms with Crippen LogP contribution in [-0.4, -0.2) is 6.54 Å². The average molecular weight is 205 g/mol. The molecule has 0 spiro atoms. The van der Waals surface area contributed by atoms with Crippen molar-refractivity contribution in [1.29, 1.82) is 0 Å². The van der Waals surface area contributed by atoms with E-state index in [-0.39, 0.29) is 0 Å². The number of fused-ring (bicyclic) bond motifs is 1. The topological polar surface area (TPSA) is 12.0 Å². The molecule has 1 aliphatic heterocycles. The minimum atomic E-state index is 0.340. The number of hydrogen-bond donors (Lipinski definition) is 1. The molecule has 2 rings (SSSR count). The lowest BCUT2D eigenvalue weighted by Crippen LogP contribution is -2.28. The van der Waals surface area contributed by atoms with E-state index in [1.807, 2.05) is 13.8 Å². The second-order valence-electron chi connectivity index (χ2n) is 4.61. The Kier molecular flexibility index (Phi) is 3.78. The van der Waals surface area contributed by atoms with E-state index < -0.39 is 0 Å². The van der Waals surface area contributed by atoms with Gasteiger partial charge in [-0.25, -0.2) is 0 Å². The van der Waals surface area contributed by atoms with Crippen molar-refractivity contribution in [3.63, 3.8) is 0 Å². The summed E-state index contributed by atoms with van der Waals surface area (Å²) in [6.45, 7) is 11.9. The Morgan fingerprint density at radius 1 is 1.20 bits per heavy atom. The van der Waals surface area contributed by atoms with Gasteiger partial charge in [0.2, 0.25) is 0 Å². The minimum Gasteiger partial charge on any atom is -0.385 e. The van der Waals surface area contributed by atoms with Crippen molar-refractivity contribution in [2.75, 3.05) is 11.9 Å². The fourth-order valence-electron chi connectivity index (χ4n) is 2.02. The Morgan fingerprint density at radius 2 is 1.87 bits per heavy atom. The molecule has 0 saturated carbocycles. The highest BCUT2D eigenvalue weighted by atomic mass is 14.9. The van der Waals surface area contributed by atoms with Crippen molar-refractivity contribution in [2.45, 2.75) is 46.5 Å². The van der Waals surface area contributed by atoms with Crippen LogP contribution in [0.4, 0.5) is 5.69 Å². The third kappa shape index (κ3) is 2.53. The smallest absolute Gasteiger partial charge is 0.0378 e. The Bertz CT molecular complexity index is 326. The Hall–Kier alpha value is -0.980. The van der Waals surface area contributed by atoms with Gasteiger partial charge in [0.25, 0.3) is 0 Å². The molecule has 84 valence electrons. The van der Waals surface area contributed by atoms with Gasteiger partial charge in [-0.2, -0.15) is 0 Å². The van der Waals surface area contributed by atoms with Crippen LogP contribution in [-0.2, 0) is 5.41 Å². The predicted octanol–water partition coefficient (Wildman–Crippen LogP) is 4.11. The summed E-state index contributed by atoms with van der Waals surface area (Å²) in [7, 11) is 0. The molecule has 1 aromatic carbocycles. The van der Waals surface area contributed by atoms with Crippen LogP contribution in [0.1, 0.15) is 45.2 Å². The molecule has 0 saturated heterocycles. The second kappa shape index (κ2) is 4.69. The van der Waals surface area contributed by atoms with E-state index in [2.05, 4.69) is 44.3 Å². The molecule has 1 N–H and O–H groups in total. The summed E-state index contributed by atoms with van der Waals surface area (Å²) < 4.78 is 0. The summed E-state index contributed by atoms with van der Waals surface area (Å²) in [6, 6.07) is 6.68. The number of rotatable bonds is 0. The molecule has 0 amide bonds. The first-order valence-electron chi connectivity index (χ1n) is 5.95. The molecule has 1 aromatic rings. The average Bonchev–Trinajstić information content (AvgIpc) is 2.22. The van der Waals surface area contributed by atoms with Gasteiger partial charge in [-0.3, -0.25) is 0 Å². The molecule has 1 heterocycles. The maximum atomic E-state index is 3.45. The SMILES string of the molecule is CC.Cc1ccc2c(c1)C(C)(C)CCN2. The molecule has 0 aliphatic carbocycles. The van der Waals surface area contributed by atoms with Gasteiger partial charge in [-0.15, -0.1) is 0 Å². The highest BCUT2D eigenvalue weighted by molar-refractivity contribution is 5.57. The fraction of sp³-hybridized carbons (Fsp3) is 0.571. The summed E-state index contributed by atoms with van der Waals surface area (Å²) in [5, 5.41) is 3.45. The number of aryl methyl sites for hydroxylation is 1. The molecule has 0 atom stereocenters. The maximum Gasteiger partial charge on any atom is 0.0378 e. The number of benzene rings is 1. The monoisotopic (exact) mass is 205 g/mol. The fourth-order valence-corrected chi connectivity index (χ4v) is 2.02. The summed E-state index contributed by atoms with van der Waals surface area (Å²) in [5.74, 6) is 0. The van der Waals surface area contributed by atoms with Crippen LogP contribution < -0.4 is 5.32 Å². The van der Waals surface area contributed by atoms with Crippen molar-refractivity contribution < 1.29 is 0 Å². The Morgan fingerprint density at radius 3 is 2.53 bits per heavy atom. The standard InChI is InChI=1S/C12H17N.C2H6/c1-9-4-5-11-10(8-9)12(2,3)6-7-13-11;1-2/h4-5,8,13H,6-7H2,1-3H3;1-2H3. The van der Waals surface area contributed by atoms with Crippen LogP contribution in [0.5, 0.6) is 0 Å². The van der Waals surface area contributed by atoms with E-state index in [0.717, 1.165) is 6.54 Å². The van der Waals surface area contributed by atoms with Crippen LogP contribution in [0.3, 0.4) is 0 Å². The second-order valence-corrected chi connectivity index (χ2v) is 4.61.